The number of hydrogen-bond acceptors (Lipinski definition) is 1. The molecule has 3 rings (SSSR count). The number of ether oxygens (including phenoxy) is 1. The van der Waals surface area contributed by atoms with Crippen LogP contribution >= 0.6 is 15.9 Å². The normalized spacial score (nSPS) is 18.9. The maximum absolute atomic E-state index is 13.6. The number of aryl methyl sites for hydroxylation is 1. The van der Waals surface area contributed by atoms with Crippen LogP contribution in [-0.4, -0.2) is 7.11 Å². The third-order valence-corrected chi connectivity index (χ3v) is 5.39. The second kappa shape index (κ2) is 6.18. The van der Waals surface area contributed by atoms with Gasteiger partial charge >= 0.3 is 0 Å². The van der Waals surface area contributed by atoms with Crippen molar-refractivity contribution in [2.75, 3.05) is 7.11 Å². The number of benzene rings is 2. The van der Waals surface area contributed by atoms with E-state index in [1.807, 2.05) is 0 Å². The fourth-order valence-corrected chi connectivity index (χ4v) is 4.14. The molecule has 1 aliphatic carbocycles. The smallest absolute Gasteiger partial charge is 0.123 e. The average molecular weight is 349 g/mol. The van der Waals surface area contributed by atoms with Crippen molar-refractivity contribution in [3.8, 4) is 5.75 Å². The summed E-state index contributed by atoms with van der Waals surface area (Å²) < 4.78 is 19.0. The fraction of sp³-hybridized carbons (Fsp3) is 0.333. The summed E-state index contributed by atoms with van der Waals surface area (Å²) in [5, 5.41) is 0. The van der Waals surface area contributed by atoms with Gasteiger partial charge in [0.1, 0.15) is 11.6 Å². The van der Waals surface area contributed by atoms with Crippen LogP contribution in [0.1, 0.15) is 40.3 Å². The van der Waals surface area contributed by atoms with Crippen molar-refractivity contribution in [3.63, 3.8) is 0 Å². The van der Waals surface area contributed by atoms with Crippen LogP contribution in [0.3, 0.4) is 0 Å². The Morgan fingerprint density at radius 3 is 2.86 bits per heavy atom. The molecule has 0 bridgehead atoms. The molecular formula is C18H18BrFO. The third kappa shape index (κ3) is 2.84. The van der Waals surface area contributed by atoms with E-state index in [2.05, 4.69) is 40.2 Å². The lowest BCUT2D eigenvalue weighted by atomic mass is 9.79. The highest BCUT2D eigenvalue weighted by Crippen LogP contribution is 2.47. The van der Waals surface area contributed by atoms with E-state index in [1.165, 1.54) is 23.6 Å². The van der Waals surface area contributed by atoms with E-state index in [-0.39, 0.29) is 10.6 Å². The Kier molecular flexibility index (Phi) is 4.29. The van der Waals surface area contributed by atoms with E-state index in [0.717, 1.165) is 24.2 Å². The summed E-state index contributed by atoms with van der Waals surface area (Å²) >= 11 is 3.80. The maximum atomic E-state index is 13.6. The minimum absolute atomic E-state index is 0.0598. The highest BCUT2D eigenvalue weighted by atomic mass is 79.9. The molecule has 0 amide bonds. The molecule has 2 aromatic carbocycles. The molecule has 0 saturated heterocycles. The molecule has 0 aliphatic heterocycles. The van der Waals surface area contributed by atoms with Gasteiger partial charge in [0, 0.05) is 11.5 Å². The van der Waals surface area contributed by atoms with E-state index in [1.54, 1.807) is 19.2 Å². The lowest BCUT2D eigenvalue weighted by Gasteiger charge is -2.30. The van der Waals surface area contributed by atoms with Gasteiger partial charge in [-0.1, -0.05) is 40.2 Å². The molecule has 0 spiro atoms. The van der Waals surface area contributed by atoms with Crippen molar-refractivity contribution in [1.29, 1.82) is 0 Å². The van der Waals surface area contributed by atoms with Crippen LogP contribution in [0.15, 0.2) is 42.5 Å². The van der Waals surface area contributed by atoms with Crippen LogP contribution in [0, 0.1) is 5.82 Å². The van der Waals surface area contributed by atoms with Gasteiger partial charge < -0.3 is 4.74 Å². The van der Waals surface area contributed by atoms with Crippen molar-refractivity contribution in [1.82, 2.24) is 0 Å². The number of hydrogen-bond donors (Lipinski definition) is 0. The zero-order valence-corrected chi connectivity index (χ0v) is 13.6. The first kappa shape index (κ1) is 14.6. The van der Waals surface area contributed by atoms with Gasteiger partial charge in [0.2, 0.25) is 0 Å². The van der Waals surface area contributed by atoms with Gasteiger partial charge in [-0.25, -0.2) is 4.39 Å². The van der Waals surface area contributed by atoms with Crippen LogP contribution in [0.25, 0.3) is 0 Å². The Morgan fingerprint density at radius 2 is 2.05 bits per heavy atom. The molecule has 0 heterocycles. The van der Waals surface area contributed by atoms with Crippen LogP contribution in [0.5, 0.6) is 5.75 Å². The van der Waals surface area contributed by atoms with Crippen LogP contribution in [-0.2, 0) is 6.42 Å². The molecule has 1 aliphatic rings. The Hall–Kier alpha value is -1.35. The van der Waals surface area contributed by atoms with Crippen molar-refractivity contribution in [2.24, 2.45) is 0 Å². The summed E-state index contributed by atoms with van der Waals surface area (Å²) in [4.78, 5) is 0.0598. The van der Waals surface area contributed by atoms with E-state index in [0.29, 0.717) is 5.92 Å². The van der Waals surface area contributed by atoms with E-state index in [9.17, 15) is 4.39 Å². The first-order chi connectivity index (χ1) is 10.2. The molecule has 0 N–H and O–H groups in total. The van der Waals surface area contributed by atoms with Gasteiger partial charge in [-0.2, -0.15) is 0 Å². The standard InChI is InChI=1S/C18H18BrFO/c1-21-17-10-9-13(20)11-16(17)18(19)15-8-4-6-12-5-2-3-7-14(12)15/h2-3,5,7,9-11,15,18H,4,6,8H2,1H3. The quantitative estimate of drug-likeness (QED) is 0.675. The topological polar surface area (TPSA) is 9.23 Å². The summed E-state index contributed by atoms with van der Waals surface area (Å²) in [6, 6.07) is 13.3. The Balaban J connectivity index is 2.00. The average Bonchev–Trinajstić information content (AvgIpc) is 2.53. The lowest BCUT2D eigenvalue weighted by molar-refractivity contribution is 0.404. The van der Waals surface area contributed by atoms with Gasteiger partial charge in [0.25, 0.3) is 0 Å². The minimum atomic E-state index is -0.223. The zero-order chi connectivity index (χ0) is 14.8. The van der Waals surface area contributed by atoms with Gasteiger partial charge in [-0.15, -0.1) is 0 Å². The fourth-order valence-electron chi connectivity index (χ4n) is 3.23. The summed E-state index contributed by atoms with van der Waals surface area (Å²) in [5.74, 6) is 0.867. The summed E-state index contributed by atoms with van der Waals surface area (Å²) in [5.41, 5.74) is 3.67. The molecule has 2 aromatic rings. The van der Waals surface area contributed by atoms with Gasteiger partial charge in [0.15, 0.2) is 0 Å². The Bertz CT molecular complexity index is 641. The predicted octanol–water partition coefficient (Wildman–Crippen LogP) is 5.39. The lowest BCUT2D eigenvalue weighted by Crippen LogP contribution is -2.14. The SMILES string of the molecule is COc1ccc(F)cc1C(Br)C1CCCc2ccccc21. The van der Waals surface area contributed by atoms with Crippen LogP contribution in [0.4, 0.5) is 4.39 Å². The largest absolute Gasteiger partial charge is 0.496 e. The second-order valence-electron chi connectivity index (χ2n) is 5.49. The first-order valence-electron chi connectivity index (χ1n) is 7.26. The first-order valence-corrected chi connectivity index (χ1v) is 8.17. The molecule has 0 radical (unpaired) electrons. The van der Waals surface area contributed by atoms with Crippen molar-refractivity contribution < 1.29 is 9.13 Å². The number of halogens is 2. The van der Waals surface area contributed by atoms with Crippen LogP contribution in [0.2, 0.25) is 0 Å². The van der Waals surface area contributed by atoms with Crippen molar-refractivity contribution in [2.45, 2.75) is 30.0 Å². The second-order valence-corrected chi connectivity index (χ2v) is 6.47. The molecule has 0 saturated carbocycles. The monoisotopic (exact) mass is 348 g/mol. The van der Waals surface area contributed by atoms with Gasteiger partial charge in [0.05, 0.1) is 11.9 Å². The molecule has 0 aromatic heterocycles. The van der Waals surface area contributed by atoms with E-state index >= 15 is 0 Å². The highest BCUT2D eigenvalue weighted by molar-refractivity contribution is 9.09. The van der Waals surface area contributed by atoms with Crippen molar-refractivity contribution in [3.05, 3.63) is 65.0 Å². The molecule has 1 nitrogen and oxygen atoms in total. The number of fused-ring (bicyclic) bond motifs is 1. The molecule has 21 heavy (non-hydrogen) atoms. The highest BCUT2D eigenvalue weighted by Gasteiger charge is 2.29. The van der Waals surface area contributed by atoms with Gasteiger partial charge in [-0.3, -0.25) is 0 Å². The summed E-state index contributed by atoms with van der Waals surface area (Å²) in [6.45, 7) is 0. The van der Waals surface area contributed by atoms with E-state index < -0.39 is 0 Å². The molecule has 0 fully saturated rings. The molecular weight excluding hydrogens is 331 g/mol. The summed E-state index contributed by atoms with van der Waals surface area (Å²) in [6.07, 6.45) is 3.40. The molecule has 110 valence electrons. The number of rotatable bonds is 3. The Morgan fingerprint density at radius 1 is 1.24 bits per heavy atom. The third-order valence-electron chi connectivity index (χ3n) is 4.26. The van der Waals surface area contributed by atoms with Crippen LogP contribution < -0.4 is 4.74 Å². The van der Waals surface area contributed by atoms with Gasteiger partial charge in [-0.05, 0) is 48.6 Å². The summed E-state index contributed by atoms with van der Waals surface area (Å²) in [7, 11) is 1.63. The van der Waals surface area contributed by atoms with E-state index in [4.69, 9.17) is 4.74 Å². The molecule has 2 unspecified atom stereocenters. The molecule has 2 atom stereocenters. The molecule has 3 heteroatoms. The zero-order valence-electron chi connectivity index (χ0n) is 12.0. The predicted molar refractivity (Wildman–Crippen MR) is 86.7 cm³/mol. The number of methoxy groups -OCH3 is 1. The minimum Gasteiger partial charge on any atom is -0.496 e. The number of alkyl halides is 1. The maximum Gasteiger partial charge on any atom is 0.123 e. The Labute approximate surface area is 133 Å². The van der Waals surface area contributed by atoms with Crippen molar-refractivity contribution >= 4 is 15.9 Å².